The fraction of sp³-hybridized carbons (Fsp3) is 0. The lowest BCUT2D eigenvalue weighted by atomic mass is 9.95. The average molecular weight is 528 g/mol. The summed E-state index contributed by atoms with van der Waals surface area (Å²) in [5.74, 6) is -4.26. The molecule has 0 unspecified atom stereocenters. The van der Waals surface area contributed by atoms with Crippen LogP contribution in [0.25, 0.3) is 21.9 Å². The maximum atomic E-state index is 13.9. The number of rotatable bonds is 7. The topological polar surface area (TPSA) is 137 Å². The second-order valence-electron chi connectivity index (χ2n) is 8.73. The van der Waals surface area contributed by atoms with E-state index in [9.17, 15) is 24.0 Å². The monoisotopic (exact) mass is 528 g/mol. The zero-order chi connectivity index (χ0) is 27.8. The van der Waals surface area contributed by atoms with E-state index >= 15 is 0 Å². The second-order valence-corrected chi connectivity index (χ2v) is 8.73. The van der Waals surface area contributed by atoms with Crippen LogP contribution in [-0.2, 0) is 0 Å². The maximum Gasteiger partial charge on any atom is 0.247 e. The van der Waals surface area contributed by atoms with Gasteiger partial charge < -0.3 is 8.83 Å². The molecule has 0 bridgehead atoms. The predicted octanol–water partition coefficient (Wildman–Crippen LogP) is 4.83. The van der Waals surface area contributed by atoms with Gasteiger partial charge in [-0.1, -0.05) is 42.5 Å². The third-order valence-electron chi connectivity index (χ3n) is 6.29. The summed E-state index contributed by atoms with van der Waals surface area (Å²) >= 11 is 0. The number of furan rings is 1. The third-order valence-corrected chi connectivity index (χ3v) is 6.29. The van der Waals surface area contributed by atoms with Crippen molar-refractivity contribution < 1.29 is 28.0 Å². The Labute approximate surface area is 224 Å². The summed E-state index contributed by atoms with van der Waals surface area (Å²) in [6.07, 6.45) is 1.59. The van der Waals surface area contributed by atoms with Gasteiger partial charge in [0.1, 0.15) is 17.0 Å². The Morgan fingerprint density at radius 1 is 0.725 bits per heavy atom. The molecule has 40 heavy (non-hydrogen) atoms. The lowest BCUT2D eigenvalue weighted by molar-refractivity contribution is 0.0966. The lowest BCUT2D eigenvalue weighted by Crippen LogP contribution is -2.17. The van der Waals surface area contributed by atoms with Gasteiger partial charge in [-0.25, -0.2) is 4.98 Å². The zero-order valence-corrected chi connectivity index (χ0v) is 20.5. The van der Waals surface area contributed by atoms with Gasteiger partial charge >= 0.3 is 0 Å². The van der Waals surface area contributed by atoms with Crippen LogP contribution in [0.2, 0.25) is 0 Å². The summed E-state index contributed by atoms with van der Waals surface area (Å²) in [5, 5.41) is 1.01. The molecular weight excluding hydrogens is 512 g/mol. The Morgan fingerprint density at radius 2 is 1.50 bits per heavy atom. The smallest absolute Gasteiger partial charge is 0.247 e. The van der Waals surface area contributed by atoms with E-state index in [1.165, 1.54) is 30.5 Å². The molecule has 0 N–H and O–H groups in total. The molecule has 0 saturated carbocycles. The van der Waals surface area contributed by atoms with E-state index in [-0.39, 0.29) is 28.6 Å². The molecule has 0 atom stereocenters. The van der Waals surface area contributed by atoms with Crippen molar-refractivity contribution in [2.75, 3.05) is 0 Å². The van der Waals surface area contributed by atoms with Crippen molar-refractivity contribution in [2.24, 2.45) is 0 Å². The molecule has 6 aromatic rings. The zero-order valence-electron chi connectivity index (χ0n) is 20.5. The Hall–Kier alpha value is -5.83. The number of para-hydroxylation sites is 2. The molecule has 0 saturated heterocycles. The van der Waals surface area contributed by atoms with E-state index in [4.69, 9.17) is 8.83 Å². The van der Waals surface area contributed by atoms with Gasteiger partial charge in [-0.15, -0.1) is 0 Å². The minimum atomic E-state index is -0.997. The van der Waals surface area contributed by atoms with Crippen LogP contribution in [-0.4, -0.2) is 33.6 Å². The largest absolute Gasteiger partial charge is 0.452 e. The van der Waals surface area contributed by atoms with E-state index in [1.807, 2.05) is 12.1 Å². The van der Waals surface area contributed by atoms with Gasteiger partial charge in [0.15, 0.2) is 29.0 Å². The minimum absolute atomic E-state index is 0.0873. The van der Waals surface area contributed by atoms with E-state index in [0.717, 1.165) is 11.5 Å². The molecule has 2 aromatic carbocycles. The first-order valence-corrected chi connectivity index (χ1v) is 12.0. The van der Waals surface area contributed by atoms with Crippen LogP contribution in [0.5, 0.6) is 0 Å². The molecule has 9 nitrogen and oxygen atoms in total. The van der Waals surface area contributed by atoms with Crippen molar-refractivity contribution in [2.45, 2.75) is 0 Å². The molecule has 192 valence electrons. The molecule has 0 radical (unpaired) electrons. The summed E-state index contributed by atoms with van der Waals surface area (Å²) < 4.78 is 11.3. The summed E-state index contributed by atoms with van der Waals surface area (Å²) in [4.78, 5) is 74.4. The number of carbonyl (C=O) groups excluding carboxylic acids is 4. The molecule has 0 aliphatic heterocycles. The molecular formula is C31H16N2O7. The van der Waals surface area contributed by atoms with Crippen LogP contribution in [0.3, 0.4) is 0 Å². The van der Waals surface area contributed by atoms with Crippen molar-refractivity contribution in [1.82, 2.24) is 9.97 Å². The molecule has 0 fully saturated rings. The van der Waals surface area contributed by atoms with Gasteiger partial charge in [-0.3, -0.25) is 29.0 Å². The molecule has 4 aromatic heterocycles. The maximum absolute atomic E-state index is 13.9. The van der Waals surface area contributed by atoms with Crippen LogP contribution >= 0.6 is 0 Å². The van der Waals surface area contributed by atoms with Crippen LogP contribution in [0.4, 0.5) is 0 Å². The van der Waals surface area contributed by atoms with Gasteiger partial charge in [-0.05, 0) is 36.4 Å². The quantitative estimate of drug-likeness (QED) is 0.211. The van der Waals surface area contributed by atoms with Crippen molar-refractivity contribution in [3.05, 3.63) is 141 Å². The Kier molecular flexibility index (Phi) is 6.01. The van der Waals surface area contributed by atoms with Crippen LogP contribution < -0.4 is 5.43 Å². The lowest BCUT2D eigenvalue weighted by Gasteiger charge is -2.06. The number of carbonyl (C=O) groups is 4. The standard InChI is InChI=1S/C31H16N2O7/c34-16-25-26(28(36)20-10-5-6-14-32-20)27(30(38)24-15-22(35)18-8-2-4-11-23(18)39-24)31(40-25)29(37)21-13-12-17-7-1-3-9-19(17)33-21/h1-16H. The minimum Gasteiger partial charge on any atom is -0.452 e. The summed E-state index contributed by atoms with van der Waals surface area (Å²) in [6.45, 7) is 0. The molecule has 0 aliphatic rings. The number of hydrogen-bond donors (Lipinski definition) is 0. The summed E-state index contributed by atoms with van der Waals surface area (Å²) in [5.41, 5.74) is -1.06. The highest BCUT2D eigenvalue weighted by Crippen LogP contribution is 2.30. The van der Waals surface area contributed by atoms with E-state index < -0.39 is 51.2 Å². The Balaban J connectivity index is 1.59. The van der Waals surface area contributed by atoms with Crippen molar-refractivity contribution in [3.63, 3.8) is 0 Å². The fourth-order valence-corrected chi connectivity index (χ4v) is 4.41. The summed E-state index contributed by atoms with van der Waals surface area (Å²) in [7, 11) is 0. The first kappa shape index (κ1) is 24.5. The van der Waals surface area contributed by atoms with Crippen molar-refractivity contribution >= 4 is 45.5 Å². The van der Waals surface area contributed by atoms with Crippen molar-refractivity contribution in [3.8, 4) is 0 Å². The van der Waals surface area contributed by atoms with E-state index in [2.05, 4.69) is 9.97 Å². The Morgan fingerprint density at radius 3 is 2.30 bits per heavy atom. The number of aldehydes is 1. The highest BCUT2D eigenvalue weighted by Gasteiger charge is 2.36. The number of benzene rings is 2. The highest BCUT2D eigenvalue weighted by atomic mass is 16.4. The normalized spacial score (nSPS) is 11.0. The van der Waals surface area contributed by atoms with Crippen LogP contribution in [0.1, 0.15) is 59.0 Å². The van der Waals surface area contributed by atoms with Crippen LogP contribution in [0.15, 0.2) is 105 Å². The number of ketones is 3. The van der Waals surface area contributed by atoms with E-state index in [1.54, 1.807) is 42.5 Å². The van der Waals surface area contributed by atoms with Gasteiger partial charge in [0.2, 0.25) is 17.3 Å². The van der Waals surface area contributed by atoms with Gasteiger partial charge in [0.05, 0.1) is 22.0 Å². The fourth-order valence-electron chi connectivity index (χ4n) is 4.41. The molecule has 0 amide bonds. The predicted molar refractivity (Wildman–Crippen MR) is 143 cm³/mol. The molecule has 4 heterocycles. The summed E-state index contributed by atoms with van der Waals surface area (Å²) in [6, 6.07) is 22.0. The molecule has 0 aliphatic carbocycles. The van der Waals surface area contributed by atoms with Crippen LogP contribution in [0, 0.1) is 0 Å². The number of pyridine rings is 2. The first-order chi connectivity index (χ1) is 19.5. The number of nitrogens with zero attached hydrogens (tertiary/aromatic N) is 2. The van der Waals surface area contributed by atoms with Crippen molar-refractivity contribution in [1.29, 1.82) is 0 Å². The van der Waals surface area contributed by atoms with Gasteiger partial charge in [-0.2, -0.15) is 0 Å². The number of aromatic nitrogens is 2. The molecule has 0 spiro atoms. The first-order valence-electron chi connectivity index (χ1n) is 12.0. The number of fused-ring (bicyclic) bond motifs is 2. The highest BCUT2D eigenvalue weighted by molar-refractivity contribution is 6.25. The second kappa shape index (κ2) is 9.80. The molecule has 6 rings (SSSR count). The Bertz CT molecular complexity index is 2060. The average Bonchev–Trinajstić information content (AvgIpc) is 3.39. The third kappa shape index (κ3) is 4.11. The van der Waals surface area contributed by atoms with E-state index in [0.29, 0.717) is 5.52 Å². The molecule has 9 heteroatoms. The SMILES string of the molecule is O=Cc1oc(C(=O)c2ccc3ccccc3n2)c(C(=O)c2cc(=O)c3ccccc3o2)c1C(=O)c1ccccn1. The number of hydrogen-bond acceptors (Lipinski definition) is 9. The van der Waals surface area contributed by atoms with Gasteiger partial charge in [0.25, 0.3) is 0 Å². The van der Waals surface area contributed by atoms with Gasteiger partial charge in [0, 0.05) is 17.6 Å².